The van der Waals surface area contributed by atoms with Crippen LogP contribution >= 0.6 is 11.8 Å². The van der Waals surface area contributed by atoms with E-state index < -0.39 is 4.92 Å². The van der Waals surface area contributed by atoms with Crippen molar-refractivity contribution < 1.29 is 4.92 Å². The van der Waals surface area contributed by atoms with Gasteiger partial charge in [0.25, 0.3) is 0 Å². The Balaban J connectivity index is 2.40. The number of rotatable bonds is 3. The molecule has 0 aromatic carbocycles. The van der Waals surface area contributed by atoms with Crippen LogP contribution in [-0.2, 0) is 0 Å². The van der Waals surface area contributed by atoms with E-state index in [1.807, 2.05) is 0 Å². The Morgan fingerprint density at radius 2 is 2.12 bits per heavy atom. The molecule has 17 heavy (non-hydrogen) atoms. The van der Waals surface area contributed by atoms with Crippen molar-refractivity contribution in [3.8, 4) is 0 Å². The summed E-state index contributed by atoms with van der Waals surface area (Å²) >= 11 is 1.01. The number of hydrogen-bond donors (Lipinski definition) is 1. The summed E-state index contributed by atoms with van der Waals surface area (Å²) < 4.78 is 0. The van der Waals surface area contributed by atoms with Gasteiger partial charge in [0.05, 0.1) is 11.1 Å². The Kier molecular flexibility index (Phi) is 3.10. The number of anilines is 1. The normalized spacial score (nSPS) is 10.1. The first-order valence-electron chi connectivity index (χ1n) is 4.37. The molecule has 2 heterocycles. The third kappa shape index (κ3) is 2.45. The van der Waals surface area contributed by atoms with Crippen LogP contribution in [0.5, 0.6) is 0 Å². The van der Waals surface area contributed by atoms with Crippen LogP contribution in [0.25, 0.3) is 0 Å². The summed E-state index contributed by atoms with van der Waals surface area (Å²) in [7, 11) is 0. The highest BCUT2D eigenvalue weighted by Gasteiger charge is 2.21. The molecule has 9 heteroatoms. The number of nitro groups is 1. The maximum atomic E-state index is 10.8. The molecule has 0 aliphatic heterocycles. The van der Waals surface area contributed by atoms with E-state index in [2.05, 4.69) is 19.9 Å². The largest absolute Gasteiger partial charge is 0.378 e. The molecule has 0 unspecified atom stereocenters. The fourth-order valence-corrected chi connectivity index (χ4v) is 1.86. The molecule has 2 N–H and O–H groups in total. The molecular formula is C8H6N6O2S. The van der Waals surface area contributed by atoms with Gasteiger partial charge in [-0.25, -0.2) is 15.0 Å². The molecule has 0 bridgehead atoms. The van der Waals surface area contributed by atoms with Crippen LogP contribution in [0.4, 0.5) is 11.5 Å². The summed E-state index contributed by atoms with van der Waals surface area (Å²) in [4.78, 5) is 25.4. The summed E-state index contributed by atoms with van der Waals surface area (Å²) in [5, 5.41) is 11.5. The highest BCUT2D eigenvalue weighted by Crippen LogP contribution is 2.33. The van der Waals surface area contributed by atoms with E-state index in [4.69, 9.17) is 5.73 Å². The van der Waals surface area contributed by atoms with E-state index >= 15 is 0 Å². The molecule has 2 rings (SSSR count). The summed E-state index contributed by atoms with van der Waals surface area (Å²) in [5.74, 6) is -0.170. The lowest BCUT2D eigenvalue weighted by Gasteiger charge is -2.01. The number of nitrogens with two attached hydrogens (primary N) is 1. The van der Waals surface area contributed by atoms with Crippen molar-refractivity contribution in [1.29, 1.82) is 0 Å². The second-order valence-electron chi connectivity index (χ2n) is 2.82. The molecule has 0 aliphatic rings. The molecule has 8 nitrogen and oxygen atoms in total. The Hall–Kier alpha value is -2.29. The second-order valence-corrected chi connectivity index (χ2v) is 3.82. The van der Waals surface area contributed by atoms with Gasteiger partial charge in [0.2, 0.25) is 5.82 Å². The monoisotopic (exact) mass is 250 g/mol. The molecule has 2 aromatic heterocycles. The second kappa shape index (κ2) is 4.70. The van der Waals surface area contributed by atoms with Gasteiger partial charge in [-0.1, -0.05) is 0 Å². The molecule has 86 valence electrons. The van der Waals surface area contributed by atoms with Crippen LogP contribution in [0.2, 0.25) is 0 Å². The van der Waals surface area contributed by atoms with Crippen LogP contribution in [-0.4, -0.2) is 24.9 Å². The van der Waals surface area contributed by atoms with Crippen molar-refractivity contribution >= 4 is 23.3 Å². The lowest BCUT2D eigenvalue weighted by atomic mass is 10.5. The van der Waals surface area contributed by atoms with Crippen LogP contribution in [0.1, 0.15) is 0 Å². The predicted molar refractivity (Wildman–Crippen MR) is 59.3 cm³/mol. The van der Waals surface area contributed by atoms with Gasteiger partial charge in [-0.2, -0.15) is 0 Å². The summed E-state index contributed by atoms with van der Waals surface area (Å²) in [6, 6.07) is 0. The van der Waals surface area contributed by atoms with E-state index in [9.17, 15) is 10.1 Å². The summed E-state index contributed by atoms with van der Waals surface area (Å²) in [6.07, 6.45) is 5.64. The van der Waals surface area contributed by atoms with E-state index in [0.29, 0.717) is 5.03 Å². The van der Waals surface area contributed by atoms with Crippen molar-refractivity contribution in [2.45, 2.75) is 10.1 Å². The third-order valence-electron chi connectivity index (χ3n) is 1.74. The van der Waals surface area contributed by atoms with Gasteiger partial charge < -0.3 is 5.73 Å². The minimum atomic E-state index is -0.617. The van der Waals surface area contributed by atoms with Gasteiger partial charge >= 0.3 is 5.69 Å². The van der Waals surface area contributed by atoms with Crippen LogP contribution in [0, 0.1) is 10.1 Å². The van der Waals surface area contributed by atoms with Crippen LogP contribution < -0.4 is 5.73 Å². The number of nitrogen functional groups attached to an aromatic ring is 1. The molecule has 2 aromatic rings. The molecule has 0 saturated carbocycles. The van der Waals surface area contributed by atoms with E-state index in [1.165, 1.54) is 24.9 Å². The zero-order valence-corrected chi connectivity index (χ0v) is 9.16. The molecule has 0 atom stereocenters. The topological polar surface area (TPSA) is 121 Å². The molecular weight excluding hydrogens is 244 g/mol. The minimum Gasteiger partial charge on any atom is -0.378 e. The zero-order valence-electron chi connectivity index (χ0n) is 8.35. The van der Waals surface area contributed by atoms with Gasteiger partial charge in [-0.3, -0.25) is 15.1 Å². The lowest BCUT2D eigenvalue weighted by molar-refractivity contribution is -0.387. The van der Waals surface area contributed by atoms with Gasteiger partial charge in [0.1, 0.15) is 11.4 Å². The van der Waals surface area contributed by atoms with Crippen molar-refractivity contribution in [1.82, 2.24) is 19.9 Å². The van der Waals surface area contributed by atoms with Crippen LogP contribution in [0.15, 0.2) is 35.0 Å². The summed E-state index contributed by atoms with van der Waals surface area (Å²) in [5.41, 5.74) is 5.12. The number of aromatic nitrogens is 4. The predicted octanol–water partition coefficient (Wildman–Crippen LogP) is 0.908. The van der Waals surface area contributed by atoms with Gasteiger partial charge in [-0.05, 0) is 11.8 Å². The first-order chi connectivity index (χ1) is 8.18. The molecule has 0 saturated heterocycles. The maximum Gasteiger partial charge on any atom is 0.343 e. The highest BCUT2D eigenvalue weighted by molar-refractivity contribution is 7.99. The van der Waals surface area contributed by atoms with Gasteiger partial charge in [-0.15, -0.1) is 0 Å². The number of nitrogens with zero attached hydrogens (tertiary/aromatic N) is 5. The average Bonchev–Trinajstić information content (AvgIpc) is 2.30. The summed E-state index contributed by atoms with van der Waals surface area (Å²) in [6.45, 7) is 0. The standard InChI is InChI=1S/C8H6N6O2S/c9-7-6(14(15)16)8(13-4-12-7)17-5-3-10-1-2-11-5/h1-4H,(H2,9,12,13). The fraction of sp³-hybridized carbons (Fsp3) is 0. The minimum absolute atomic E-state index is 0.142. The third-order valence-corrected chi connectivity index (χ3v) is 2.65. The van der Waals surface area contributed by atoms with E-state index in [1.54, 1.807) is 0 Å². The van der Waals surface area contributed by atoms with Crippen molar-refractivity contribution in [2.75, 3.05) is 5.73 Å². The fourth-order valence-electron chi connectivity index (χ4n) is 1.06. The Bertz CT molecular complexity index is 549. The van der Waals surface area contributed by atoms with Crippen molar-refractivity contribution in [3.63, 3.8) is 0 Å². The SMILES string of the molecule is Nc1ncnc(Sc2cnccn2)c1[N+](=O)[O-]. The average molecular weight is 250 g/mol. The lowest BCUT2D eigenvalue weighted by Crippen LogP contribution is -2.01. The molecule has 0 amide bonds. The van der Waals surface area contributed by atoms with Gasteiger partial charge in [0, 0.05) is 12.4 Å². The first kappa shape index (κ1) is 11.2. The smallest absolute Gasteiger partial charge is 0.343 e. The first-order valence-corrected chi connectivity index (χ1v) is 5.19. The van der Waals surface area contributed by atoms with Crippen molar-refractivity contribution in [3.05, 3.63) is 35.0 Å². The quantitative estimate of drug-likeness (QED) is 0.484. The van der Waals surface area contributed by atoms with E-state index in [0.717, 1.165) is 11.8 Å². The maximum absolute atomic E-state index is 10.8. The van der Waals surface area contributed by atoms with E-state index in [-0.39, 0.29) is 16.5 Å². The molecule has 0 aliphatic carbocycles. The van der Waals surface area contributed by atoms with Crippen molar-refractivity contribution in [2.24, 2.45) is 0 Å². The molecule has 0 radical (unpaired) electrons. The molecule has 0 spiro atoms. The zero-order chi connectivity index (χ0) is 12.3. The highest BCUT2D eigenvalue weighted by atomic mass is 32.2. The Morgan fingerprint density at radius 3 is 2.76 bits per heavy atom. The molecule has 0 fully saturated rings. The van der Waals surface area contributed by atoms with Crippen LogP contribution in [0.3, 0.4) is 0 Å². The Morgan fingerprint density at radius 1 is 1.29 bits per heavy atom. The van der Waals surface area contributed by atoms with Gasteiger partial charge in [0.15, 0.2) is 5.03 Å². The number of hydrogen-bond acceptors (Lipinski definition) is 8. The Labute approximate surface area is 99.5 Å².